The van der Waals surface area contributed by atoms with Crippen molar-refractivity contribution >= 4 is 17.5 Å². The lowest BCUT2D eigenvalue weighted by Crippen LogP contribution is -2.50. The van der Waals surface area contributed by atoms with Crippen LogP contribution < -0.4 is 5.32 Å². The molecule has 2 heterocycles. The molecule has 24 heavy (non-hydrogen) atoms. The molecule has 0 aromatic carbocycles. The molecule has 3 rings (SSSR count). The smallest absolute Gasteiger partial charge is 0.252 e. The van der Waals surface area contributed by atoms with Crippen LogP contribution in [0.1, 0.15) is 36.0 Å². The van der Waals surface area contributed by atoms with Gasteiger partial charge in [0.25, 0.3) is 5.91 Å². The van der Waals surface area contributed by atoms with Gasteiger partial charge in [-0.3, -0.25) is 9.36 Å². The molecule has 1 aliphatic rings. The molecule has 1 fully saturated rings. The molecule has 0 radical (unpaired) electrons. The number of hydrogen-bond acceptors (Lipinski definition) is 5. The van der Waals surface area contributed by atoms with Crippen molar-refractivity contribution in [2.45, 2.75) is 31.2 Å². The van der Waals surface area contributed by atoms with Gasteiger partial charge in [-0.15, -0.1) is 10.2 Å². The zero-order chi connectivity index (χ0) is 17.2. The average Bonchev–Trinajstić information content (AvgIpc) is 3.24. The van der Waals surface area contributed by atoms with Gasteiger partial charge < -0.3 is 10.2 Å². The number of carbonyl (C=O) groups is 1. The highest BCUT2D eigenvalue weighted by Gasteiger charge is 2.36. The second-order valence-electron chi connectivity index (χ2n) is 6.41. The van der Waals surface area contributed by atoms with Crippen LogP contribution in [-0.2, 0) is 0 Å². The Hall–Kier alpha value is -1.99. The Kier molecular flexibility index (Phi) is 4.82. The van der Waals surface area contributed by atoms with Crippen LogP contribution in [0.2, 0.25) is 5.02 Å². The van der Waals surface area contributed by atoms with Crippen molar-refractivity contribution in [2.75, 3.05) is 20.6 Å². The van der Waals surface area contributed by atoms with E-state index in [4.69, 9.17) is 11.6 Å². The molecule has 2 aromatic rings. The summed E-state index contributed by atoms with van der Waals surface area (Å²) in [5.41, 5.74) is 0.499. The second-order valence-corrected chi connectivity index (χ2v) is 6.81. The summed E-state index contributed by atoms with van der Waals surface area (Å²) in [5, 5.41) is 10.9. The minimum atomic E-state index is -0.159. The van der Waals surface area contributed by atoms with E-state index in [-0.39, 0.29) is 11.4 Å². The maximum Gasteiger partial charge on any atom is 0.252 e. The number of hydrogen-bond donors (Lipinski definition) is 1. The maximum atomic E-state index is 12.5. The highest BCUT2D eigenvalue weighted by Crippen LogP contribution is 2.33. The highest BCUT2D eigenvalue weighted by atomic mass is 35.5. The lowest BCUT2D eigenvalue weighted by atomic mass is 9.96. The van der Waals surface area contributed by atoms with Gasteiger partial charge in [0.2, 0.25) is 0 Å². The van der Waals surface area contributed by atoms with E-state index in [9.17, 15) is 4.79 Å². The number of rotatable bonds is 5. The van der Waals surface area contributed by atoms with Crippen LogP contribution in [-0.4, -0.2) is 56.7 Å². The molecular weight excluding hydrogens is 328 g/mol. The topological polar surface area (TPSA) is 75.9 Å². The standard InChI is InChI=1S/C16H21ClN6O/c1-22(2)16(5-3-4-6-16)9-19-15(24)12-7-13(17)14(18-8-12)23-10-20-21-11-23/h7-8,10-11H,3-6,9H2,1-2H3,(H,19,24). The van der Waals surface area contributed by atoms with Gasteiger partial charge in [-0.25, -0.2) is 4.98 Å². The molecule has 1 N–H and O–H groups in total. The van der Waals surface area contributed by atoms with Crippen molar-refractivity contribution < 1.29 is 4.79 Å². The fraction of sp³-hybridized carbons (Fsp3) is 0.500. The molecule has 1 amide bonds. The Balaban J connectivity index is 1.70. The lowest BCUT2D eigenvalue weighted by molar-refractivity contribution is 0.0899. The summed E-state index contributed by atoms with van der Waals surface area (Å²) >= 11 is 6.24. The van der Waals surface area contributed by atoms with Crippen molar-refractivity contribution in [1.82, 2.24) is 30.0 Å². The Morgan fingerprint density at radius 2 is 2.00 bits per heavy atom. The second kappa shape index (κ2) is 6.86. The van der Waals surface area contributed by atoms with Crippen LogP contribution in [0.3, 0.4) is 0 Å². The Labute approximate surface area is 146 Å². The van der Waals surface area contributed by atoms with Crippen LogP contribution >= 0.6 is 11.6 Å². The normalized spacial score (nSPS) is 16.5. The van der Waals surface area contributed by atoms with E-state index < -0.39 is 0 Å². The third kappa shape index (κ3) is 3.27. The first kappa shape index (κ1) is 16.9. The molecule has 0 aliphatic heterocycles. The molecule has 7 nitrogen and oxygen atoms in total. The first-order chi connectivity index (χ1) is 11.5. The molecule has 0 bridgehead atoms. The van der Waals surface area contributed by atoms with E-state index >= 15 is 0 Å². The van der Waals surface area contributed by atoms with E-state index in [1.54, 1.807) is 10.6 Å². The van der Waals surface area contributed by atoms with Crippen molar-refractivity contribution in [3.8, 4) is 5.82 Å². The molecule has 0 saturated heterocycles. The fourth-order valence-electron chi connectivity index (χ4n) is 3.22. The Morgan fingerprint density at radius 1 is 1.33 bits per heavy atom. The largest absolute Gasteiger partial charge is 0.350 e. The Morgan fingerprint density at radius 3 is 2.58 bits per heavy atom. The monoisotopic (exact) mass is 348 g/mol. The SMILES string of the molecule is CN(C)C1(CNC(=O)c2cnc(-n3cnnc3)c(Cl)c2)CCCC1. The number of nitrogens with zero attached hydrogens (tertiary/aromatic N) is 5. The van der Waals surface area contributed by atoms with E-state index in [1.165, 1.54) is 31.7 Å². The van der Waals surface area contributed by atoms with Crippen molar-refractivity contribution in [2.24, 2.45) is 0 Å². The molecule has 8 heteroatoms. The predicted octanol–water partition coefficient (Wildman–Crippen LogP) is 1.92. The number of amides is 1. The first-order valence-electron chi connectivity index (χ1n) is 7.98. The zero-order valence-corrected chi connectivity index (χ0v) is 14.6. The van der Waals surface area contributed by atoms with Gasteiger partial charge in [0, 0.05) is 18.3 Å². The molecular formula is C16H21ClN6O. The van der Waals surface area contributed by atoms with Crippen molar-refractivity contribution in [3.63, 3.8) is 0 Å². The van der Waals surface area contributed by atoms with Gasteiger partial charge in [0.05, 0.1) is 10.6 Å². The molecule has 0 unspecified atom stereocenters. The molecule has 0 atom stereocenters. The third-order valence-corrected chi connectivity index (χ3v) is 5.09. The van der Waals surface area contributed by atoms with Crippen LogP contribution in [0.5, 0.6) is 0 Å². The number of carbonyl (C=O) groups excluding carboxylic acids is 1. The molecule has 1 aliphatic carbocycles. The number of aromatic nitrogens is 4. The maximum absolute atomic E-state index is 12.5. The lowest BCUT2D eigenvalue weighted by Gasteiger charge is -2.36. The van der Waals surface area contributed by atoms with Crippen molar-refractivity contribution in [1.29, 1.82) is 0 Å². The molecule has 1 saturated carbocycles. The minimum absolute atomic E-state index is 0.0509. The summed E-state index contributed by atoms with van der Waals surface area (Å²) in [6, 6.07) is 1.62. The number of halogens is 1. The van der Waals surface area contributed by atoms with Gasteiger partial charge >= 0.3 is 0 Å². The summed E-state index contributed by atoms with van der Waals surface area (Å²) in [7, 11) is 4.15. The number of pyridine rings is 1. The zero-order valence-electron chi connectivity index (χ0n) is 13.9. The minimum Gasteiger partial charge on any atom is -0.350 e. The van der Waals surface area contributed by atoms with E-state index in [0.717, 1.165) is 12.8 Å². The summed E-state index contributed by atoms with van der Waals surface area (Å²) < 4.78 is 1.60. The van der Waals surface area contributed by atoms with E-state index in [2.05, 4.69) is 39.5 Å². The van der Waals surface area contributed by atoms with Crippen LogP contribution in [0, 0.1) is 0 Å². The number of likely N-dealkylation sites (N-methyl/N-ethyl adjacent to an activating group) is 1. The predicted molar refractivity (Wildman–Crippen MR) is 91.4 cm³/mol. The summed E-state index contributed by atoms with van der Waals surface area (Å²) in [4.78, 5) is 18.9. The first-order valence-corrected chi connectivity index (χ1v) is 8.36. The molecule has 0 spiro atoms. The van der Waals surface area contributed by atoms with E-state index in [0.29, 0.717) is 22.9 Å². The summed E-state index contributed by atoms with van der Waals surface area (Å²) in [6.07, 6.45) is 9.15. The summed E-state index contributed by atoms with van der Waals surface area (Å²) in [6.45, 7) is 0.629. The highest BCUT2D eigenvalue weighted by molar-refractivity contribution is 6.32. The van der Waals surface area contributed by atoms with Crippen LogP contribution in [0.4, 0.5) is 0 Å². The Bertz CT molecular complexity index is 709. The van der Waals surface area contributed by atoms with Crippen LogP contribution in [0.25, 0.3) is 5.82 Å². The van der Waals surface area contributed by atoms with Gasteiger partial charge in [-0.2, -0.15) is 0 Å². The molecule has 128 valence electrons. The average molecular weight is 349 g/mol. The van der Waals surface area contributed by atoms with Crippen LogP contribution in [0.15, 0.2) is 24.9 Å². The van der Waals surface area contributed by atoms with Gasteiger partial charge in [-0.1, -0.05) is 24.4 Å². The van der Waals surface area contributed by atoms with Gasteiger partial charge in [-0.05, 0) is 33.0 Å². The quantitative estimate of drug-likeness (QED) is 0.893. The van der Waals surface area contributed by atoms with Gasteiger partial charge in [0.15, 0.2) is 5.82 Å². The fourth-order valence-corrected chi connectivity index (χ4v) is 3.48. The number of nitrogens with one attached hydrogen (secondary N) is 1. The molecule has 2 aromatic heterocycles. The third-order valence-electron chi connectivity index (χ3n) is 4.81. The van der Waals surface area contributed by atoms with E-state index in [1.807, 2.05) is 0 Å². The van der Waals surface area contributed by atoms with Crippen molar-refractivity contribution in [3.05, 3.63) is 35.5 Å². The van der Waals surface area contributed by atoms with Gasteiger partial charge in [0.1, 0.15) is 12.7 Å². The summed E-state index contributed by atoms with van der Waals surface area (Å²) in [5.74, 6) is 0.339.